The van der Waals surface area contributed by atoms with E-state index in [0.717, 1.165) is 5.56 Å². The predicted molar refractivity (Wildman–Crippen MR) is 66.4 cm³/mol. The summed E-state index contributed by atoms with van der Waals surface area (Å²) in [6, 6.07) is 4.52. The van der Waals surface area contributed by atoms with E-state index in [1.54, 1.807) is 6.07 Å². The van der Waals surface area contributed by atoms with Crippen LogP contribution in [0.2, 0.25) is 0 Å². The summed E-state index contributed by atoms with van der Waals surface area (Å²) in [6.45, 7) is 4.46. The van der Waals surface area contributed by atoms with Crippen LogP contribution in [0.3, 0.4) is 0 Å². The van der Waals surface area contributed by atoms with Crippen LogP contribution in [0.25, 0.3) is 11.4 Å². The fourth-order valence-electron chi connectivity index (χ4n) is 1.66. The number of benzene rings is 1. The van der Waals surface area contributed by atoms with E-state index in [2.05, 4.69) is 10.1 Å². The van der Waals surface area contributed by atoms with Gasteiger partial charge in [0.1, 0.15) is 5.82 Å². The van der Waals surface area contributed by atoms with Crippen molar-refractivity contribution in [3.05, 3.63) is 35.5 Å². The maximum absolute atomic E-state index is 13.2. The van der Waals surface area contributed by atoms with Gasteiger partial charge in [-0.15, -0.1) is 0 Å². The van der Waals surface area contributed by atoms with Crippen LogP contribution in [-0.2, 0) is 6.42 Å². The van der Waals surface area contributed by atoms with Crippen LogP contribution >= 0.6 is 0 Å². The Hall–Kier alpha value is -1.75. The van der Waals surface area contributed by atoms with Gasteiger partial charge in [-0.25, -0.2) is 4.39 Å². The molecule has 4 nitrogen and oxygen atoms in total. The predicted octanol–water partition coefficient (Wildman–Crippen LogP) is 2.32. The third-order valence-electron chi connectivity index (χ3n) is 2.83. The number of aromatic nitrogens is 2. The second-order valence-electron chi connectivity index (χ2n) is 4.52. The molecule has 1 aromatic heterocycles. The Morgan fingerprint density at radius 1 is 1.44 bits per heavy atom. The van der Waals surface area contributed by atoms with Gasteiger partial charge >= 0.3 is 0 Å². The molecular weight excluding hydrogens is 233 g/mol. The quantitative estimate of drug-likeness (QED) is 0.903. The molecule has 0 spiro atoms. The lowest BCUT2D eigenvalue weighted by Gasteiger charge is -2.02. The Kier molecular flexibility index (Phi) is 3.72. The van der Waals surface area contributed by atoms with Gasteiger partial charge in [-0.2, -0.15) is 4.98 Å². The maximum atomic E-state index is 13.2. The molecule has 5 heteroatoms. The highest BCUT2D eigenvalue weighted by atomic mass is 19.1. The van der Waals surface area contributed by atoms with Crippen molar-refractivity contribution in [1.29, 1.82) is 0 Å². The molecule has 0 amide bonds. The Labute approximate surface area is 105 Å². The normalized spacial score (nSPS) is 12.7. The Morgan fingerprint density at radius 3 is 2.94 bits per heavy atom. The number of rotatable bonds is 4. The van der Waals surface area contributed by atoms with Gasteiger partial charge in [-0.3, -0.25) is 0 Å². The number of halogens is 1. The lowest BCUT2D eigenvalue weighted by atomic mass is 10.1. The minimum atomic E-state index is -0.308. The van der Waals surface area contributed by atoms with Crippen molar-refractivity contribution >= 4 is 0 Å². The Bertz CT molecular complexity index is 539. The molecule has 2 N–H and O–H groups in total. The van der Waals surface area contributed by atoms with Gasteiger partial charge in [-0.1, -0.05) is 18.1 Å². The summed E-state index contributed by atoms with van der Waals surface area (Å²) in [4.78, 5) is 4.27. The summed E-state index contributed by atoms with van der Waals surface area (Å²) in [5, 5.41) is 3.88. The van der Waals surface area contributed by atoms with Crippen LogP contribution in [0.5, 0.6) is 0 Å². The number of nitrogens with two attached hydrogens (primary N) is 1. The number of aryl methyl sites for hydroxylation is 1. The van der Waals surface area contributed by atoms with Gasteiger partial charge in [0.25, 0.3) is 0 Å². The van der Waals surface area contributed by atoms with Crippen LogP contribution in [-0.4, -0.2) is 16.7 Å². The van der Waals surface area contributed by atoms with E-state index in [4.69, 9.17) is 10.3 Å². The molecular formula is C13H16FN3O. The van der Waals surface area contributed by atoms with Gasteiger partial charge in [0, 0.05) is 12.0 Å². The molecule has 0 aliphatic carbocycles. The lowest BCUT2D eigenvalue weighted by molar-refractivity contribution is 0.359. The molecule has 0 aliphatic heterocycles. The fraction of sp³-hybridized carbons (Fsp3) is 0.385. The van der Waals surface area contributed by atoms with Crippen LogP contribution < -0.4 is 5.73 Å². The van der Waals surface area contributed by atoms with E-state index < -0.39 is 0 Å². The summed E-state index contributed by atoms with van der Waals surface area (Å²) in [6.07, 6.45) is 0.637. The highest BCUT2D eigenvalue weighted by molar-refractivity contribution is 5.59. The molecule has 1 atom stereocenters. The van der Waals surface area contributed by atoms with Crippen LogP contribution in [0.4, 0.5) is 4.39 Å². The molecule has 1 aromatic carbocycles. The molecule has 1 unspecified atom stereocenters. The zero-order valence-electron chi connectivity index (χ0n) is 10.5. The van der Waals surface area contributed by atoms with Crippen molar-refractivity contribution < 1.29 is 8.91 Å². The number of nitrogens with zero attached hydrogens (tertiary/aromatic N) is 2. The van der Waals surface area contributed by atoms with E-state index in [9.17, 15) is 4.39 Å². The van der Waals surface area contributed by atoms with E-state index in [-0.39, 0.29) is 11.7 Å². The highest BCUT2D eigenvalue weighted by Gasteiger charge is 2.13. The third kappa shape index (κ3) is 2.73. The fourth-order valence-corrected chi connectivity index (χ4v) is 1.66. The zero-order chi connectivity index (χ0) is 13.1. The van der Waals surface area contributed by atoms with Crippen LogP contribution in [0.15, 0.2) is 22.7 Å². The lowest BCUT2D eigenvalue weighted by Crippen LogP contribution is -2.13. The van der Waals surface area contributed by atoms with Gasteiger partial charge in [-0.05, 0) is 37.1 Å². The molecule has 2 rings (SSSR count). The van der Waals surface area contributed by atoms with Crippen LogP contribution in [0.1, 0.15) is 18.4 Å². The van der Waals surface area contributed by atoms with E-state index in [1.807, 2.05) is 13.8 Å². The minimum Gasteiger partial charge on any atom is -0.339 e. The van der Waals surface area contributed by atoms with Gasteiger partial charge < -0.3 is 10.3 Å². The number of hydrogen-bond acceptors (Lipinski definition) is 4. The number of hydrogen-bond donors (Lipinski definition) is 1. The summed E-state index contributed by atoms with van der Waals surface area (Å²) in [5.41, 5.74) is 7.11. The summed E-state index contributed by atoms with van der Waals surface area (Å²) in [5.74, 6) is 0.932. The molecule has 0 aliphatic rings. The SMILES string of the molecule is Cc1ccc(F)cc1-c1noc(CC(C)CN)n1. The standard InChI is InChI=1S/C13H16FN3O/c1-8(7-15)5-12-16-13(17-18-12)11-6-10(14)4-3-9(11)2/h3-4,6,8H,5,7,15H2,1-2H3. The topological polar surface area (TPSA) is 64.9 Å². The van der Waals surface area contributed by atoms with E-state index in [1.165, 1.54) is 12.1 Å². The molecule has 0 saturated heterocycles. The van der Waals surface area contributed by atoms with Gasteiger partial charge in [0.05, 0.1) is 0 Å². The van der Waals surface area contributed by atoms with E-state index >= 15 is 0 Å². The maximum Gasteiger partial charge on any atom is 0.227 e. The monoisotopic (exact) mass is 249 g/mol. The average molecular weight is 249 g/mol. The van der Waals surface area contributed by atoms with E-state index in [0.29, 0.717) is 30.2 Å². The molecule has 2 aromatic rings. The first-order valence-electron chi connectivity index (χ1n) is 5.89. The van der Waals surface area contributed by atoms with Crippen molar-refractivity contribution in [3.63, 3.8) is 0 Å². The molecule has 0 saturated carbocycles. The molecule has 96 valence electrons. The molecule has 1 heterocycles. The Morgan fingerprint density at radius 2 is 2.22 bits per heavy atom. The Balaban J connectivity index is 2.26. The molecule has 0 bridgehead atoms. The summed E-state index contributed by atoms with van der Waals surface area (Å²) < 4.78 is 18.3. The second kappa shape index (κ2) is 5.27. The first-order chi connectivity index (χ1) is 8.60. The molecule has 18 heavy (non-hydrogen) atoms. The third-order valence-corrected chi connectivity index (χ3v) is 2.83. The smallest absolute Gasteiger partial charge is 0.227 e. The van der Waals surface area contributed by atoms with Crippen molar-refractivity contribution in [3.8, 4) is 11.4 Å². The average Bonchev–Trinajstić information content (AvgIpc) is 2.80. The highest BCUT2D eigenvalue weighted by Crippen LogP contribution is 2.22. The van der Waals surface area contributed by atoms with Gasteiger partial charge in [0.2, 0.25) is 11.7 Å². The summed E-state index contributed by atoms with van der Waals surface area (Å²) >= 11 is 0. The molecule has 0 radical (unpaired) electrons. The first-order valence-corrected chi connectivity index (χ1v) is 5.89. The van der Waals surface area contributed by atoms with Crippen molar-refractivity contribution in [1.82, 2.24) is 10.1 Å². The second-order valence-corrected chi connectivity index (χ2v) is 4.52. The molecule has 0 fully saturated rings. The summed E-state index contributed by atoms with van der Waals surface area (Å²) in [7, 11) is 0. The first kappa shape index (κ1) is 12.7. The van der Waals surface area contributed by atoms with Crippen LogP contribution in [0, 0.1) is 18.7 Å². The van der Waals surface area contributed by atoms with Crippen molar-refractivity contribution in [2.75, 3.05) is 6.54 Å². The minimum absolute atomic E-state index is 0.284. The van der Waals surface area contributed by atoms with Crippen molar-refractivity contribution in [2.45, 2.75) is 20.3 Å². The zero-order valence-corrected chi connectivity index (χ0v) is 10.5. The van der Waals surface area contributed by atoms with Gasteiger partial charge in [0.15, 0.2) is 0 Å². The van der Waals surface area contributed by atoms with Crippen molar-refractivity contribution in [2.24, 2.45) is 11.7 Å². The largest absolute Gasteiger partial charge is 0.339 e.